The highest BCUT2D eigenvalue weighted by atomic mass is 32.2. The molecule has 1 aromatic rings. The third kappa shape index (κ3) is 3.03. The molecule has 1 aromatic heterocycles. The fourth-order valence-electron chi connectivity index (χ4n) is 0.993. The predicted octanol–water partition coefficient (Wildman–Crippen LogP) is -2.77. The lowest BCUT2D eigenvalue weighted by Crippen LogP contribution is -2.40. The average molecular weight is 278 g/mol. The molecule has 0 bridgehead atoms. The normalized spacial score (nSPS) is 13.2. The van der Waals surface area contributed by atoms with Crippen molar-refractivity contribution in [2.75, 3.05) is 6.54 Å². The summed E-state index contributed by atoms with van der Waals surface area (Å²) in [7, 11) is -4.24. The fourth-order valence-corrected chi connectivity index (χ4v) is 2.12. The van der Waals surface area contributed by atoms with Gasteiger partial charge < -0.3 is 15.9 Å². The molecule has 0 radical (unpaired) electrons. The summed E-state index contributed by atoms with van der Waals surface area (Å²) in [5, 5.41) is 22.3. The lowest BCUT2D eigenvalue weighted by molar-refractivity contribution is -0.125. The molecule has 11 heteroatoms. The molecule has 1 amide bonds. The van der Waals surface area contributed by atoms with Crippen LogP contribution in [0.5, 0.6) is 0 Å². The van der Waals surface area contributed by atoms with Crippen molar-refractivity contribution in [1.29, 1.82) is 0 Å². The zero-order valence-electron chi connectivity index (χ0n) is 8.82. The maximum absolute atomic E-state index is 11.6. The Labute approximate surface area is 101 Å². The van der Waals surface area contributed by atoms with Gasteiger partial charge in [-0.05, 0) is 0 Å². The first kappa shape index (κ1) is 14.1. The first-order valence-electron chi connectivity index (χ1n) is 4.49. The van der Waals surface area contributed by atoms with Crippen molar-refractivity contribution in [2.45, 2.75) is 11.1 Å². The van der Waals surface area contributed by atoms with Crippen molar-refractivity contribution in [1.82, 2.24) is 14.9 Å². The number of sulfonamides is 1. The number of aromatic amines is 1. The van der Waals surface area contributed by atoms with Crippen LogP contribution in [0.1, 0.15) is 10.4 Å². The predicted molar refractivity (Wildman–Crippen MR) is 55.9 cm³/mol. The SMILES string of the molecule is NC(=O)C(O)CNS(=O)(=O)c1[nH]ncc1C(=O)O. The Bertz CT molecular complexity index is 564. The van der Waals surface area contributed by atoms with Crippen molar-refractivity contribution < 1.29 is 28.2 Å². The molecule has 1 atom stereocenters. The van der Waals surface area contributed by atoms with E-state index in [1.165, 1.54) is 0 Å². The zero-order valence-corrected chi connectivity index (χ0v) is 9.64. The Morgan fingerprint density at radius 3 is 2.67 bits per heavy atom. The number of primary amides is 1. The highest BCUT2D eigenvalue weighted by molar-refractivity contribution is 7.89. The maximum Gasteiger partial charge on any atom is 0.340 e. The largest absolute Gasteiger partial charge is 0.478 e. The fraction of sp³-hybridized carbons (Fsp3) is 0.286. The second-order valence-electron chi connectivity index (χ2n) is 3.19. The molecule has 18 heavy (non-hydrogen) atoms. The minimum absolute atomic E-state index is 0.559. The summed E-state index contributed by atoms with van der Waals surface area (Å²) >= 11 is 0. The van der Waals surface area contributed by atoms with Gasteiger partial charge in [-0.1, -0.05) is 0 Å². The molecule has 0 saturated carbocycles. The number of carbonyl (C=O) groups excluding carboxylic acids is 1. The van der Waals surface area contributed by atoms with Crippen molar-refractivity contribution in [3.8, 4) is 0 Å². The van der Waals surface area contributed by atoms with Crippen LogP contribution in [-0.4, -0.2) is 53.4 Å². The van der Waals surface area contributed by atoms with Crippen molar-refractivity contribution in [2.24, 2.45) is 5.73 Å². The quantitative estimate of drug-likeness (QED) is 0.374. The average Bonchev–Trinajstić information content (AvgIpc) is 2.75. The number of hydrogen-bond acceptors (Lipinski definition) is 6. The van der Waals surface area contributed by atoms with Gasteiger partial charge in [0, 0.05) is 6.54 Å². The molecule has 0 spiro atoms. The van der Waals surface area contributed by atoms with Crippen LogP contribution in [0.3, 0.4) is 0 Å². The molecule has 1 heterocycles. The summed E-state index contributed by atoms with van der Waals surface area (Å²) in [6.45, 7) is -0.671. The van der Waals surface area contributed by atoms with Crippen molar-refractivity contribution in [3.63, 3.8) is 0 Å². The number of carboxylic acid groups (broad SMARTS) is 1. The number of hydrogen-bond donors (Lipinski definition) is 5. The monoisotopic (exact) mass is 278 g/mol. The minimum Gasteiger partial charge on any atom is -0.478 e. The zero-order chi connectivity index (χ0) is 13.9. The van der Waals surface area contributed by atoms with E-state index in [4.69, 9.17) is 15.9 Å². The molecule has 1 unspecified atom stereocenters. The van der Waals surface area contributed by atoms with Crippen molar-refractivity contribution in [3.05, 3.63) is 11.8 Å². The van der Waals surface area contributed by atoms with E-state index in [0.717, 1.165) is 6.20 Å². The molecule has 100 valence electrons. The van der Waals surface area contributed by atoms with Gasteiger partial charge in [0.05, 0.1) is 6.20 Å². The number of nitrogens with one attached hydrogen (secondary N) is 2. The molecular weight excluding hydrogens is 268 g/mol. The van der Waals surface area contributed by atoms with Crippen LogP contribution in [0.4, 0.5) is 0 Å². The summed E-state index contributed by atoms with van der Waals surface area (Å²) in [5.41, 5.74) is 4.16. The molecular formula is C7H10N4O6S. The number of aliphatic hydroxyl groups excluding tert-OH is 1. The Balaban J connectivity index is 2.90. The third-order valence-electron chi connectivity index (χ3n) is 1.90. The number of nitrogens with two attached hydrogens (primary N) is 1. The first-order chi connectivity index (χ1) is 8.25. The maximum atomic E-state index is 11.6. The second kappa shape index (κ2) is 5.12. The van der Waals surface area contributed by atoms with Gasteiger partial charge in [0.1, 0.15) is 11.7 Å². The Hall–Kier alpha value is -1.98. The van der Waals surface area contributed by atoms with Crippen LogP contribution >= 0.6 is 0 Å². The summed E-state index contributed by atoms with van der Waals surface area (Å²) < 4.78 is 25.1. The molecule has 1 rings (SSSR count). The van der Waals surface area contributed by atoms with Crippen LogP contribution in [0.15, 0.2) is 11.2 Å². The molecule has 0 saturated heterocycles. The smallest absolute Gasteiger partial charge is 0.340 e. The van der Waals surface area contributed by atoms with Gasteiger partial charge in [-0.2, -0.15) is 5.10 Å². The van der Waals surface area contributed by atoms with Gasteiger partial charge >= 0.3 is 5.97 Å². The topological polar surface area (TPSA) is 175 Å². The highest BCUT2D eigenvalue weighted by Gasteiger charge is 2.25. The van der Waals surface area contributed by atoms with Crippen LogP contribution in [0.2, 0.25) is 0 Å². The molecule has 0 aliphatic carbocycles. The minimum atomic E-state index is -4.24. The number of carbonyl (C=O) groups is 2. The van der Waals surface area contributed by atoms with Gasteiger partial charge in [0.15, 0.2) is 5.03 Å². The summed E-state index contributed by atoms with van der Waals surface area (Å²) in [5.74, 6) is -2.60. The molecule has 6 N–H and O–H groups in total. The van der Waals surface area contributed by atoms with E-state index in [1.807, 2.05) is 9.82 Å². The number of rotatable bonds is 6. The highest BCUT2D eigenvalue weighted by Crippen LogP contribution is 2.11. The van der Waals surface area contributed by atoms with E-state index in [9.17, 15) is 18.0 Å². The van der Waals surface area contributed by atoms with Gasteiger partial charge in [-0.25, -0.2) is 17.9 Å². The summed E-state index contributed by atoms with van der Waals surface area (Å²) in [6, 6.07) is 0. The van der Waals surface area contributed by atoms with Crippen LogP contribution in [-0.2, 0) is 14.8 Å². The number of H-pyrrole nitrogens is 1. The molecule has 0 aliphatic rings. The van der Waals surface area contributed by atoms with E-state index in [0.29, 0.717) is 0 Å². The first-order valence-corrected chi connectivity index (χ1v) is 5.97. The number of aromatic carboxylic acids is 1. The van der Waals surface area contributed by atoms with Crippen molar-refractivity contribution >= 4 is 21.9 Å². The molecule has 10 nitrogen and oxygen atoms in total. The van der Waals surface area contributed by atoms with Crippen LogP contribution in [0.25, 0.3) is 0 Å². The molecule has 0 aliphatic heterocycles. The van der Waals surface area contributed by atoms with E-state index in [-0.39, 0.29) is 0 Å². The van der Waals surface area contributed by atoms with Gasteiger partial charge in [-0.3, -0.25) is 9.89 Å². The summed E-state index contributed by atoms with van der Waals surface area (Å²) in [6.07, 6.45) is -0.891. The molecule has 0 aromatic carbocycles. The van der Waals surface area contributed by atoms with Gasteiger partial charge in [0.2, 0.25) is 5.91 Å². The number of carboxylic acids is 1. The van der Waals surface area contributed by atoms with Crippen LogP contribution < -0.4 is 10.5 Å². The summed E-state index contributed by atoms with van der Waals surface area (Å²) in [4.78, 5) is 21.2. The lowest BCUT2D eigenvalue weighted by atomic mass is 10.3. The third-order valence-corrected chi connectivity index (χ3v) is 3.29. The number of amides is 1. The van der Waals surface area contributed by atoms with Gasteiger partial charge in [-0.15, -0.1) is 0 Å². The van der Waals surface area contributed by atoms with Gasteiger partial charge in [0.25, 0.3) is 10.0 Å². The van der Waals surface area contributed by atoms with E-state index < -0.39 is 45.1 Å². The molecule has 0 fully saturated rings. The number of aliphatic hydroxyl groups is 1. The van der Waals surface area contributed by atoms with E-state index in [2.05, 4.69) is 5.10 Å². The standard InChI is InChI=1S/C7H10N4O6S/c8-5(13)4(12)2-10-18(16,17)6-3(7(14)15)1-9-11-6/h1,4,10,12H,2H2,(H2,8,13)(H,9,11)(H,14,15). The lowest BCUT2D eigenvalue weighted by Gasteiger charge is -2.08. The number of nitrogens with zero attached hydrogens (tertiary/aromatic N) is 1. The Morgan fingerprint density at radius 1 is 1.56 bits per heavy atom. The Kier molecular flexibility index (Phi) is 4.00. The van der Waals surface area contributed by atoms with Crippen LogP contribution in [0, 0.1) is 0 Å². The Morgan fingerprint density at radius 2 is 2.17 bits per heavy atom. The second-order valence-corrected chi connectivity index (χ2v) is 4.89. The van der Waals surface area contributed by atoms with E-state index >= 15 is 0 Å². The number of aromatic nitrogens is 2. The van der Waals surface area contributed by atoms with E-state index in [1.54, 1.807) is 0 Å².